The number of aryl methyl sites for hydroxylation is 1. The number of hydrogen-bond acceptors (Lipinski definition) is 3. The van der Waals surface area contributed by atoms with Crippen LogP contribution in [0.2, 0.25) is 5.22 Å². The van der Waals surface area contributed by atoms with E-state index in [0.717, 1.165) is 21.2 Å². The Morgan fingerprint density at radius 1 is 1.35 bits per heavy atom. The van der Waals surface area contributed by atoms with Crippen LogP contribution in [-0.4, -0.2) is 9.78 Å². The lowest BCUT2D eigenvalue weighted by molar-refractivity contribution is 0.570. The lowest BCUT2D eigenvalue weighted by Crippen LogP contribution is -1.97. The van der Waals surface area contributed by atoms with Gasteiger partial charge in [-0.1, -0.05) is 28.1 Å². The zero-order valence-corrected chi connectivity index (χ0v) is 12.9. The lowest BCUT2D eigenvalue weighted by atomic mass is 10.0. The molecule has 6 heteroatoms. The molecule has 0 aliphatic carbocycles. The smallest absolute Gasteiger partial charge is 0.202 e. The van der Waals surface area contributed by atoms with Crippen molar-refractivity contribution >= 4 is 33.3 Å². The third kappa shape index (κ3) is 2.13. The number of nitrogens with zero attached hydrogens (tertiary/aromatic N) is 2. The summed E-state index contributed by atoms with van der Waals surface area (Å²) in [5, 5.41) is 4.76. The summed E-state index contributed by atoms with van der Waals surface area (Å²) in [6, 6.07) is 9.67. The van der Waals surface area contributed by atoms with Crippen LogP contribution in [0, 0.1) is 0 Å². The van der Waals surface area contributed by atoms with Crippen LogP contribution in [0.4, 0.5) is 5.82 Å². The maximum absolute atomic E-state index is 6.15. The highest BCUT2D eigenvalue weighted by Gasteiger charge is 2.20. The highest BCUT2D eigenvalue weighted by molar-refractivity contribution is 9.10. The van der Waals surface area contributed by atoms with Gasteiger partial charge in [0.1, 0.15) is 11.5 Å². The number of furan rings is 1. The SMILES string of the molecule is Cn1nc(-c2ccoc2Cl)c(-c2cccc(Br)c2)c1N. The minimum Gasteiger partial charge on any atom is -0.452 e. The fraction of sp³-hybridized carbons (Fsp3) is 0.0714. The molecule has 0 atom stereocenters. The van der Waals surface area contributed by atoms with E-state index < -0.39 is 0 Å². The molecule has 1 aromatic carbocycles. The summed E-state index contributed by atoms with van der Waals surface area (Å²) in [5.74, 6) is 0.579. The van der Waals surface area contributed by atoms with Gasteiger partial charge >= 0.3 is 0 Å². The molecule has 4 nitrogen and oxygen atoms in total. The first-order valence-corrected chi connectivity index (χ1v) is 7.07. The van der Waals surface area contributed by atoms with E-state index in [-0.39, 0.29) is 0 Å². The van der Waals surface area contributed by atoms with E-state index in [1.807, 2.05) is 24.3 Å². The Labute approximate surface area is 129 Å². The molecule has 102 valence electrons. The molecule has 2 N–H and O–H groups in total. The summed E-state index contributed by atoms with van der Waals surface area (Å²) < 4.78 is 7.76. The van der Waals surface area contributed by atoms with Crippen molar-refractivity contribution in [3.63, 3.8) is 0 Å². The second kappa shape index (κ2) is 5.00. The molecule has 0 saturated heterocycles. The minimum absolute atomic E-state index is 0.305. The number of nitrogens with two attached hydrogens (primary N) is 1. The lowest BCUT2D eigenvalue weighted by Gasteiger charge is -2.04. The van der Waals surface area contributed by atoms with Crippen LogP contribution in [0.1, 0.15) is 0 Å². The number of halogens is 2. The number of hydrogen-bond donors (Lipinski definition) is 1. The topological polar surface area (TPSA) is 57.0 Å². The Bertz CT molecular complexity index is 779. The van der Waals surface area contributed by atoms with Crippen molar-refractivity contribution in [2.24, 2.45) is 7.05 Å². The molecular weight excluding hydrogens is 342 g/mol. The zero-order chi connectivity index (χ0) is 14.3. The van der Waals surface area contributed by atoms with Crippen LogP contribution in [0.25, 0.3) is 22.4 Å². The summed E-state index contributed by atoms with van der Waals surface area (Å²) in [6.45, 7) is 0. The molecule has 0 aliphatic rings. The fourth-order valence-corrected chi connectivity index (χ4v) is 2.72. The van der Waals surface area contributed by atoms with Gasteiger partial charge in [-0.05, 0) is 35.4 Å². The Balaban J connectivity index is 2.28. The highest BCUT2D eigenvalue weighted by atomic mass is 79.9. The Morgan fingerprint density at radius 2 is 2.15 bits per heavy atom. The first kappa shape index (κ1) is 13.3. The van der Waals surface area contributed by atoms with Crippen LogP contribution < -0.4 is 5.73 Å². The average Bonchev–Trinajstić information content (AvgIpc) is 2.94. The number of nitrogen functional groups attached to an aromatic ring is 1. The molecule has 20 heavy (non-hydrogen) atoms. The van der Waals surface area contributed by atoms with Gasteiger partial charge in [-0.2, -0.15) is 5.10 Å². The van der Waals surface area contributed by atoms with Gasteiger partial charge in [0.25, 0.3) is 0 Å². The van der Waals surface area contributed by atoms with E-state index in [4.69, 9.17) is 21.8 Å². The maximum Gasteiger partial charge on any atom is 0.202 e. The van der Waals surface area contributed by atoms with Crippen molar-refractivity contribution in [2.75, 3.05) is 5.73 Å². The molecule has 0 amide bonds. The first-order valence-electron chi connectivity index (χ1n) is 5.89. The van der Waals surface area contributed by atoms with Gasteiger partial charge in [-0.3, -0.25) is 4.68 Å². The molecule has 0 radical (unpaired) electrons. The molecule has 2 heterocycles. The van der Waals surface area contributed by atoms with Crippen molar-refractivity contribution in [3.05, 3.63) is 46.3 Å². The Kier molecular flexibility index (Phi) is 3.31. The summed E-state index contributed by atoms with van der Waals surface area (Å²) >= 11 is 9.53. The molecule has 0 unspecified atom stereocenters. The van der Waals surface area contributed by atoms with E-state index in [1.165, 1.54) is 6.26 Å². The predicted molar refractivity (Wildman–Crippen MR) is 83.5 cm³/mol. The molecule has 0 saturated carbocycles. The Hall–Kier alpha value is -1.72. The summed E-state index contributed by atoms with van der Waals surface area (Å²) in [4.78, 5) is 0. The van der Waals surface area contributed by atoms with Gasteiger partial charge < -0.3 is 10.2 Å². The largest absolute Gasteiger partial charge is 0.452 e. The number of aromatic nitrogens is 2. The monoisotopic (exact) mass is 351 g/mol. The Morgan fingerprint density at radius 3 is 2.80 bits per heavy atom. The van der Waals surface area contributed by atoms with Gasteiger partial charge in [0, 0.05) is 11.5 Å². The van der Waals surface area contributed by atoms with E-state index in [2.05, 4.69) is 21.0 Å². The summed E-state index contributed by atoms with van der Waals surface area (Å²) in [5.41, 5.74) is 9.41. The van der Waals surface area contributed by atoms with Crippen LogP contribution >= 0.6 is 27.5 Å². The normalized spacial score (nSPS) is 10.9. The molecule has 0 fully saturated rings. The van der Waals surface area contributed by atoms with Crippen molar-refractivity contribution in [1.82, 2.24) is 9.78 Å². The molecular formula is C14H11BrClN3O. The minimum atomic E-state index is 0.305. The van der Waals surface area contributed by atoms with Gasteiger partial charge in [-0.25, -0.2) is 0 Å². The molecule has 2 aromatic heterocycles. The van der Waals surface area contributed by atoms with E-state index in [1.54, 1.807) is 17.8 Å². The zero-order valence-electron chi connectivity index (χ0n) is 10.6. The van der Waals surface area contributed by atoms with Crippen molar-refractivity contribution in [1.29, 1.82) is 0 Å². The molecule has 0 spiro atoms. The van der Waals surface area contributed by atoms with E-state index in [0.29, 0.717) is 16.7 Å². The molecule has 3 aromatic rings. The van der Waals surface area contributed by atoms with Crippen LogP contribution in [-0.2, 0) is 7.05 Å². The van der Waals surface area contributed by atoms with Gasteiger partial charge in [0.15, 0.2) is 0 Å². The molecule has 3 rings (SSSR count). The summed E-state index contributed by atoms with van der Waals surface area (Å²) in [6.07, 6.45) is 1.53. The fourth-order valence-electron chi connectivity index (χ4n) is 2.12. The van der Waals surface area contributed by atoms with Crippen molar-refractivity contribution < 1.29 is 4.42 Å². The predicted octanol–water partition coefficient (Wildman–Crippen LogP) is 4.35. The van der Waals surface area contributed by atoms with E-state index >= 15 is 0 Å². The van der Waals surface area contributed by atoms with Crippen LogP contribution in [0.5, 0.6) is 0 Å². The maximum atomic E-state index is 6.15. The highest BCUT2D eigenvalue weighted by Crippen LogP contribution is 2.39. The molecule has 0 aliphatic heterocycles. The number of rotatable bonds is 2. The van der Waals surface area contributed by atoms with Crippen LogP contribution in [0.15, 0.2) is 45.5 Å². The third-order valence-corrected chi connectivity index (χ3v) is 3.86. The number of anilines is 1. The van der Waals surface area contributed by atoms with E-state index in [9.17, 15) is 0 Å². The standard InChI is InChI=1S/C14H11BrClN3O/c1-19-14(17)11(8-3-2-4-9(15)7-8)12(18-19)10-5-6-20-13(10)16/h2-7H,17H2,1H3. The quantitative estimate of drug-likeness (QED) is 0.746. The third-order valence-electron chi connectivity index (χ3n) is 3.08. The van der Waals surface area contributed by atoms with Gasteiger partial charge in [-0.15, -0.1) is 0 Å². The summed E-state index contributed by atoms with van der Waals surface area (Å²) in [7, 11) is 1.80. The first-order chi connectivity index (χ1) is 9.58. The van der Waals surface area contributed by atoms with Gasteiger partial charge in [0.05, 0.1) is 17.4 Å². The van der Waals surface area contributed by atoms with Crippen LogP contribution in [0.3, 0.4) is 0 Å². The second-order valence-electron chi connectivity index (χ2n) is 4.35. The van der Waals surface area contributed by atoms with Crippen molar-refractivity contribution in [3.8, 4) is 22.4 Å². The van der Waals surface area contributed by atoms with Gasteiger partial charge in [0.2, 0.25) is 5.22 Å². The molecule has 0 bridgehead atoms. The average molecular weight is 353 g/mol. The van der Waals surface area contributed by atoms with Crippen molar-refractivity contribution in [2.45, 2.75) is 0 Å². The second-order valence-corrected chi connectivity index (χ2v) is 5.61. The number of benzene rings is 1.